The van der Waals surface area contributed by atoms with Crippen molar-refractivity contribution >= 4 is 18.2 Å². The van der Waals surface area contributed by atoms with E-state index in [0.29, 0.717) is 23.8 Å². The minimum atomic E-state index is -0.712. The summed E-state index contributed by atoms with van der Waals surface area (Å²) in [5.41, 5.74) is 4.99. The molecule has 4 bridgehead atoms. The molecule has 4 aliphatic rings. The second-order valence-corrected chi connectivity index (χ2v) is 11.0. The third-order valence-corrected chi connectivity index (χ3v) is 7.72. The van der Waals surface area contributed by atoms with Crippen LogP contribution in [0, 0.1) is 29.7 Å². The highest BCUT2D eigenvalue weighted by Gasteiger charge is 2.57. The Morgan fingerprint density at radius 3 is 2.69 bits per heavy atom. The maximum atomic E-state index is 13.6. The molecule has 4 aliphatic carbocycles. The van der Waals surface area contributed by atoms with E-state index in [1.165, 1.54) is 0 Å². The number of nitrogens with zero attached hydrogens (tertiary/aromatic N) is 5. The van der Waals surface area contributed by atoms with Gasteiger partial charge in [-0.05, 0) is 69.8 Å². The Morgan fingerprint density at radius 2 is 2.06 bits per heavy atom. The lowest BCUT2D eigenvalue weighted by Gasteiger charge is -2.58. The van der Waals surface area contributed by atoms with Crippen LogP contribution >= 0.6 is 0 Å². The SMILES string of the molecule is [C-]#[N+]CC(C)(C)C=Cn1ncc(C(=O)NC2C3CC4CC2CC(OC(N)=O)(C4)C3)c1-n1cccn1. The highest BCUT2D eigenvalue weighted by atomic mass is 16.6. The smallest absolute Gasteiger partial charge is 0.405 e. The first-order valence-electron chi connectivity index (χ1n) is 12.1. The highest BCUT2D eigenvalue weighted by molar-refractivity contribution is 5.97. The van der Waals surface area contributed by atoms with Gasteiger partial charge in [-0.25, -0.2) is 20.7 Å². The molecule has 2 heterocycles. The van der Waals surface area contributed by atoms with Gasteiger partial charge in [0.15, 0.2) is 5.82 Å². The quantitative estimate of drug-likeness (QED) is 0.593. The number of aromatic nitrogens is 4. The maximum Gasteiger partial charge on any atom is 0.405 e. The molecule has 0 aliphatic heterocycles. The Hall–Kier alpha value is -3.61. The van der Waals surface area contributed by atoms with Gasteiger partial charge in [0.25, 0.3) is 5.91 Å². The van der Waals surface area contributed by atoms with Crippen LogP contribution in [0.5, 0.6) is 0 Å². The summed E-state index contributed by atoms with van der Waals surface area (Å²) in [6, 6.07) is 1.81. The summed E-state index contributed by atoms with van der Waals surface area (Å²) < 4.78 is 8.86. The van der Waals surface area contributed by atoms with Crippen LogP contribution < -0.4 is 11.1 Å². The molecule has 2 aromatic rings. The normalized spacial score (nSPS) is 29.3. The van der Waals surface area contributed by atoms with Crippen molar-refractivity contribution in [2.75, 3.05) is 6.54 Å². The van der Waals surface area contributed by atoms with Crippen LogP contribution in [-0.4, -0.2) is 49.7 Å². The molecular formula is C25H31N7O3. The number of carbonyl (C=O) groups excluding carboxylic acids is 2. The van der Waals surface area contributed by atoms with Gasteiger partial charge in [-0.2, -0.15) is 10.2 Å². The minimum Gasteiger partial charge on any atom is -0.443 e. The van der Waals surface area contributed by atoms with Crippen molar-refractivity contribution in [3.05, 3.63) is 47.7 Å². The summed E-state index contributed by atoms with van der Waals surface area (Å²) in [5, 5.41) is 12.1. The standard InChI is InChI=1S/C25H31N7O3/c1-24(2,15-27-3)5-8-32-22(31-7-4-6-28-31)19(14-29-32)21(33)30-20-17-9-16-10-18(20)13-25(11-16,12-17)35-23(26)34/h4-8,14,16-18,20H,9-13,15H2,1-2H3,(H2,26,34)(H,30,33). The largest absolute Gasteiger partial charge is 0.443 e. The van der Waals surface area contributed by atoms with Gasteiger partial charge in [0, 0.05) is 24.6 Å². The number of amides is 2. The summed E-state index contributed by atoms with van der Waals surface area (Å²) in [6.07, 6.45) is 12.4. The van der Waals surface area contributed by atoms with Crippen molar-refractivity contribution < 1.29 is 14.3 Å². The number of ether oxygens (including phenoxy) is 1. The molecule has 2 amide bonds. The molecule has 2 atom stereocenters. The number of hydrogen-bond donors (Lipinski definition) is 2. The lowest BCUT2D eigenvalue weighted by molar-refractivity contribution is -0.137. The molecule has 0 aromatic carbocycles. The Balaban J connectivity index is 1.39. The van der Waals surface area contributed by atoms with Gasteiger partial charge >= 0.3 is 6.09 Å². The zero-order valence-corrected chi connectivity index (χ0v) is 20.1. The second kappa shape index (κ2) is 8.56. The molecular weight excluding hydrogens is 446 g/mol. The summed E-state index contributed by atoms with van der Waals surface area (Å²) in [5.74, 6) is 1.35. The fourth-order valence-electron chi connectivity index (χ4n) is 6.53. The first-order chi connectivity index (χ1) is 16.7. The van der Waals surface area contributed by atoms with E-state index >= 15 is 0 Å². The van der Waals surface area contributed by atoms with E-state index in [4.69, 9.17) is 17.0 Å². The predicted octanol–water partition coefficient (Wildman–Crippen LogP) is 3.26. The summed E-state index contributed by atoms with van der Waals surface area (Å²) >= 11 is 0. The molecule has 35 heavy (non-hydrogen) atoms. The van der Waals surface area contributed by atoms with Gasteiger partial charge in [-0.15, -0.1) is 0 Å². The first kappa shape index (κ1) is 23.1. The molecule has 6 rings (SSSR count). The zero-order valence-electron chi connectivity index (χ0n) is 20.1. The zero-order chi connectivity index (χ0) is 24.8. The molecule has 0 radical (unpaired) electrons. The average Bonchev–Trinajstić information content (AvgIpc) is 3.43. The minimum absolute atomic E-state index is 0.0191. The molecule has 10 nitrogen and oxygen atoms in total. The first-order valence-corrected chi connectivity index (χ1v) is 12.1. The maximum absolute atomic E-state index is 13.6. The van der Waals surface area contributed by atoms with Crippen LogP contribution in [0.25, 0.3) is 16.9 Å². The van der Waals surface area contributed by atoms with Crippen molar-refractivity contribution in [1.29, 1.82) is 0 Å². The van der Waals surface area contributed by atoms with E-state index in [-0.39, 0.29) is 29.2 Å². The van der Waals surface area contributed by atoms with Crippen molar-refractivity contribution in [2.45, 2.75) is 57.6 Å². The third-order valence-electron chi connectivity index (χ3n) is 7.72. The summed E-state index contributed by atoms with van der Waals surface area (Å²) in [7, 11) is 0. The van der Waals surface area contributed by atoms with Crippen molar-refractivity contribution in [1.82, 2.24) is 24.9 Å². The molecule has 4 saturated carbocycles. The fourth-order valence-corrected chi connectivity index (χ4v) is 6.53. The monoisotopic (exact) mass is 477 g/mol. The molecule has 3 N–H and O–H groups in total. The summed E-state index contributed by atoms with van der Waals surface area (Å²) in [4.78, 5) is 28.6. The van der Waals surface area contributed by atoms with Gasteiger partial charge in [0.1, 0.15) is 11.2 Å². The second-order valence-electron chi connectivity index (χ2n) is 11.0. The van der Waals surface area contributed by atoms with Crippen LogP contribution in [0.2, 0.25) is 0 Å². The fraction of sp³-hybridized carbons (Fsp3) is 0.560. The topological polar surface area (TPSA) is 121 Å². The van der Waals surface area contributed by atoms with Crippen LogP contribution in [0.15, 0.2) is 30.7 Å². The Labute approximate surface area is 204 Å². The van der Waals surface area contributed by atoms with E-state index in [1.807, 2.05) is 19.9 Å². The van der Waals surface area contributed by atoms with E-state index in [1.54, 1.807) is 40.2 Å². The van der Waals surface area contributed by atoms with E-state index in [9.17, 15) is 9.59 Å². The summed E-state index contributed by atoms with van der Waals surface area (Å²) in [6.45, 7) is 11.5. The average molecular weight is 478 g/mol. The van der Waals surface area contributed by atoms with E-state index < -0.39 is 11.7 Å². The highest BCUT2D eigenvalue weighted by Crippen LogP contribution is 2.57. The van der Waals surface area contributed by atoms with Crippen LogP contribution in [-0.2, 0) is 4.74 Å². The molecule has 4 fully saturated rings. The van der Waals surface area contributed by atoms with Gasteiger partial charge in [0.05, 0.1) is 11.6 Å². The van der Waals surface area contributed by atoms with Gasteiger partial charge < -0.3 is 20.6 Å². The Morgan fingerprint density at radius 1 is 1.31 bits per heavy atom. The van der Waals surface area contributed by atoms with Crippen LogP contribution in [0.3, 0.4) is 0 Å². The molecule has 184 valence electrons. The van der Waals surface area contributed by atoms with Gasteiger partial charge in [0.2, 0.25) is 6.54 Å². The number of carbonyl (C=O) groups is 2. The van der Waals surface area contributed by atoms with E-state index in [2.05, 4.69) is 20.4 Å². The molecule has 0 saturated heterocycles. The lowest BCUT2D eigenvalue weighted by atomic mass is 9.52. The molecule has 0 spiro atoms. The number of nitrogens with two attached hydrogens (primary N) is 1. The number of hydrogen-bond acceptors (Lipinski definition) is 5. The Kier molecular flexibility index (Phi) is 5.66. The number of primary amides is 1. The molecule has 2 aromatic heterocycles. The van der Waals surface area contributed by atoms with Gasteiger partial charge in [-0.1, -0.05) is 6.08 Å². The number of rotatable bonds is 7. The lowest BCUT2D eigenvalue weighted by Crippen LogP contribution is -2.63. The predicted molar refractivity (Wildman–Crippen MR) is 128 cm³/mol. The van der Waals surface area contributed by atoms with Crippen molar-refractivity contribution in [3.63, 3.8) is 0 Å². The Bertz CT molecular complexity index is 1170. The van der Waals surface area contributed by atoms with Gasteiger partial charge in [-0.3, -0.25) is 4.79 Å². The molecule has 2 unspecified atom stereocenters. The molecule has 10 heteroatoms. The van der Waals surface area contributed by atoms with E-state index in [0.717, 1.165) is 32.1 Å². The third kappa shape index (κ3) is 4.43. The number of nitrogens with one attached hydrogen (secondary N) is 1. The van der Waals surface area contributed by atoms with Crippen molar-refractivity contribution in [2.24, 2.45) is 28.9 Å². The van der Waals surface area contributed by atoms with Crippen LogP contribution in [0.1, 0.15) is 56.3 Å². The van der Waals surface area contributed by atoms with Crippen LogP contribution in [0.4, 0.5) is 4.79 Å². The van der Waals surface area contributed by atoms with Crippen molar-refractivity contribution in [3.8, 4) is 5.82 Å².